The van der Waals surface area contributed by atoms with Crippen molar-refractivity contribution in [3.63, 3.8) is 0 Å². The molecule has 0 N–H and O–H groups in total. The van der Waals surface area contributed by atoms with Gasteiger partial charge in [-0.15, -0.1) is 12.3 Å². The molecule has 0 bridgehead atoms. The van der Waals surface area contributed by atoms with Crippen molar-refractivity contribution in [2.45, 2.75) is 19.3 Å². The zero-order valence-electron chi connectivity index (χ0n) is 9.40. The van der Waals surface area contributed by atoms with Gasteiger partial charge >= 0.3 is 6.01 Å². The van der Waals surface area contributed by atoms with Crippen LogP contribution in [0.5, 0.6) is 6.01 Å². The van der Waals surface area contributed by atoms with E-state index < -0.39 is 0 Å². The van der Waals surface area contributed by atoms with Crippen LogP contribution in [0.2, 0.25) is 5.28 Å². The number of rotatable bonds is 4. The quantitative estimate of drug-likeness (QED) is 0.601. The van der Waals surface area contributed by atoms with Crippen molar-refractivity contribution in [2.24, 2.45) is 0 Å². The maximum Gasteiger partial charge on any atom is 0.322 e. The zero-order valence-corrected chi connectivity index (χ0v) is 10.2. The Bertz CT molecular complexity index is 426. The molecule has 17 heavy (non-hydrogen) atoms. The summed E-state index contributed by atoms with van der Waals surface area (Å²) in [5.41, 5.74) is 0. The number of nitrogens with zero attached hydrogens (tertiary/aromatic N) is 4. The lowest BCUT2D eigenvalue weighted by Gasteiger charge is -2.15. The van der Waals surface area contributed by atoms with E-state index in [1.807, 2.05) is 0 Å². The van der Waals surface area contributed by atoms with Gasteiger partial charge in [0, 0.05) is 19.5 Å². The second-order valence-electron chi connectivity index (χ2n) is 3.68. The SMILES string of the molecule is C#CCCOc1nc(Cl)nc(N2CCCC2)n1. The highest BCUT2D eigenvalue weighted by Crippen LogP contribution is 2.19. The molecule has 0 radical (unpaired) electrons. The van der Waals surface area contributed by atoms with E-state index in [0.29, 0.717) is 19.0 Å². The summed E-state index contributed by atoms with van der Waals surface area (Å²) < 4.78 is 5.31. The maximum absolute atomic E-state index is 5.83. The van der Waals surface area contributed by atoms with Crippen molar-refractivity contribution < 1.29 is 4.74 Å². The van der Waals surface area contributed by atoms with Crippen molar-refractivity contribution >= 4 is 17.5 Å². The lowest BCUT2D eigenvalue weighted by molar-refractivity contribution is 0.300. The fourth-order valence-corrected chi connectivity index (χ4v) is 1.79. The number of terminal acetylenes is 1. The molecule has 0 unspecified atom stereocenters. The van der Waals surface area contributed by atoms with E-state index in [2.05, 4.69) is 25.8 Å². The monoisotopic (exact) mass is 252 g/mol. The molecule has 2 rings (SSSR count). The van der Waals surface area contributed by atoms with Crippen LogP contribution in [-0.4, -0.2) is 34.6 Å². The van der Waals surface area contributed by atoms with Gasteiger partial charge in [0.2, 0.25) is 11.2 Å². The van der Waals surface area contributed by atoms with E-state index in [1.54, 1.807) is 0 Å². The van der Waals surface area contributed by atoms with E-state index in [4.69, 9.17) is 22.8 Å². The van der Waals surface area contributed by atoms with E-state index in [9.17, 15) is 0 Å². The summed E-state index contributed by atoms with van der Waals surface area (Å²) >= 11 is 5.83. The second-order valence-corrected chi connectivity index (χ2v) is 4.02. The van der Waals surface area contributed by atoms with E-state index in [-0.39, 0.29) is 11.3 Å². The fraction of sp³-hybridized carbons (Fsp3) is 0.545. The Morgan fingerprint density at radius 2 is 2.06 bits per heavy atom. The first-order chi connectivity index (χ1) is 8.29. The van der Waals surface area contributed by atoms with E-state index in [1.165, 1.54) is 0 Å². The summed E-state index contributed by atoms with van der Waals surface area (Å²) in [7, 11) is 0. The molecule has 1 saturated heterocycles. The largest absolute Gasteiger partial charge is 0.462 e. The van der Waals surface area contributed by atoms with Crippen LogP contribution in [0.3, 0.4) is 0 Å². The summed E-state index contributed by atoms with van der Waals surface area (Å²) in [5, 5.41) is 0.151. The predicted molar refractivity (Wildman–Crippen MR) is 65.2 cm³/mol. The van der Waals surface area contributed by atoms with Gasteiger partial charge in [-0.25, -0.2) is 0 Å². The van der Waals surface area contributed by atoms with Crippen molar-refractivity contribution in [2.75, 3.05) is 24.6 Å². The summed E-state index contributed by atoms with van der Waals surface area (Å²) in [6.07, 6.45) is 7.95. The first-order valence-electron chi connectivity index (χ1n) is 5.52. The van der Waals surface area contributed by atoms with E-state index in [0.717, 1.165) is 25.9 Å². The number of halogens is 1. The Hall–Kier alpha value is -1.54. The number of hydrogen-bond acceptors (Lipinski definition) is 5. The molecule has 0 spiro atoms. The Labute approximate surface area is 105 Å². The number of ether oxygens (including phenoxy) is 1. The first-order valence-corrected chi connectivity index (χ1v) is 5.90. The van der Waals surface area contributed by atoms with Gasteiger partial charge in [0.05, 0.1) is 0 Å². The van der Waals surface area contributed by atoms with Crippen molar-refractivity contribution in [3.8, 4) is 18.4 Å². The van der Waals surface area contributed by atoms with Gasteiger partial charge in [0.25, 0.3) is 0 Å². The van der Waals surface area contributed by atoms with Crippen molar-refractivity contribution in [1.29, 1.82) is 0 Å². The van der Waals surface area contributed by atoms with Crippen LogP contribution in [0.25, 0.3) is 0 Å². The molecule has 1 aliphatic heterocycles. The highest BCUT2D eigenvalue weighted by molar-refractivity contribution is 6.28. The first kappa shape index (κ1) is 11.9. The third-order valence-corrected chi connectivity index (χ3v) is 2.61. The standard InChI is InChI=1S/C11H13ClN4O/c1-2-3-8-17-11-14-9(12)13-10(15-11)16-6-4-5-7-16/h1H,3-8H2. The molecule has 1 aliphatic rings. The minimum absolute atomic E-state index is 0.151. The fourth-order valence-electron chi connectivity index (χ4n) is 1.65. The molecule has 0 amide bonds. The highest BCUT2D eigenvalue weighted by atomic mass is 35.5. The lowest BCUT2D eigenvalue weighted by Crippen LogP contribution is -2.21. The molecular weight excluding hydrogens is 240 g/mol. The normalized spacial score (nSPS) is 14.7. The van der Waals surface area contributed by atoms with Crippen LogP contribution in [-0.2, 0) is 0 Å². The smallest absolute Gasteiger partial charge is 0.322 e. The average Bonchev–Trinajstić information content (AvgIpc) is 2.82. The van der Waals surface area contributed by atoms with Gasteiger partial charge in [-0.05, 0) is 24.4 Å². The predicted octanol–water partition coefficient (Wildman–Crippen LogP) is 1.53. The van der Waals surface area contributed by atoms with Gasteiger partial charge < -0.3 is 9.64 Å². The van der Waals surface area contributed by atoms with Crippen LogP contribution < -0.4 is 9.64 Å². The number of aromatic nitrogens is 3. The molecule has 1 aromatic rings. The Kier molecular flexibility index (Phi) is 3.99. The minimum Gasteiger partial charge on any atom is -0.462 e. The molecule has 0 aromatic carbocycles. The Morgan fingerprint density at radius 3 is 2.76 bits per heavy atom. The van der Waals surface area contributed by atoms with Crippen LogP contribution in [0.4, 0.5) is 5.95 Å². The van der Waals surface area contributed by atoms with E-state index >= 15 is 0 Å². The molecule has 0 atom stereocenters. The Balaban J connectivity index is 2.08. The summed E-state index contributed by atoms with van der Waals surface area (Å²) in [6.45, 7) is 2.28. The van der Waals surface area contributed by atoms with Gasteiger partial charge in [0.1, 0.15) is 6.61 Å². The Morgan fingerprint density at radius 1 is 1.29 bits per heavy atom. The molecule has 1 aromatic heterocycles. The molecule has 2 heterocycles. The molecule has 0 saturated carbocycles. The summed E-state index contributed by atoms with van der Waals surface area (Å²) in [5.74, 6) is 3.06. The molecular formula is C11H13ClN4O. The van der Waals surface area contributed by atoms with Gasteiger partial charge in [-0.1, -0.05) is 0 Å². The topological polar surface area (TPSA) is 51.1 Å². The van der Waals surface area contributed by atoms with Crippen LogP contribution in [0.15, 0.2) is 0 Å². The molecule has 1 fully saturated rings. The van der Waals surface area contributed by atoms with Crippen LogP contribution >= 0.6 is 11.6 Å². The third-order valence-electron chi connectivity index (χ3n) is 2.44. The number of hydrogen-bond donors (Lipinski definition) is 0. The van der Waals surface area contributed by atoms with Crippen molar-refractivity contribution in [1.82, 2.24) is 15.0 Å². The average molecular weight is 253 g/mol. The van der Waals surface area contributed by atoms with Gasteiger partial charge in [0.15, 0.2) is 0 Å². The zero-order chi connectivity index (χ0) is 12.1. The van der Waals surface area contributed by atoms with Crippen LogP contribution in [0.1, 0.15) is 19.3 Å². The molecule has 0 aliphatic carbocycles. The third kappa shape index (κ3) is 3.21. The van der Waals surface area contributed by atoms with Gasteiger partial charge in [-0.3, -0.25) is 0 Å². The maximum atomic E-state index is 5.83. The van der Waals surface area contributed by atoms with Gasteiger partial charge in [-0.2, -0.15) is 15.0 Å². The van der Waals surface area contributed by atoms with Crippen LogP contribution in [0, 0.1) is 12.3 Å². The number of anilines is 1. The summed E-state index contributed by atoms with van der Waals surface area (Å²) in [6, 6.07) is 0.238. The minimum atomic E-state index is 0.151. The van der Waals surface area contributed by atoms with Crippen molar-refractivity contribution in [3.05, 3.63) is 5.28 Å². The second kappa shape index (κ2) is 5.69. The molecule has 90 valence electrons. The molecule has 5 nitrogen and oxygen atoms in total. The summed E-state index contributed by atoms with van der Waals surface area (Å²) in [4.78, 5) is 14.3. The lowest BCUT2D eigenvalue weighted by atomic mass is 10.4. The molecule has 6 heteroatoms. The highest BCUT2D eigenvalue weighted by Gasteiger charge is 2.17.